The summed E-state index contributed by atoms with van der Waals surface area (Å²) in [4.78, 5) is 71.3. The second-order valence-corrected chi connectivity index (χ2v) is 18.4. The number of rotatable bonds is 9. The van der Waals surface area contributed by atoms with Crippen LogP contribution in [0.2, 0.25) is 0 Å². The number of amides is 5. The van der Waals surface area contributed by atoms with Gasteiger partial charge in [0.1, 0.15) is 33.5 Å². The molecule has 5 amide bonds. The van der Waals surface area contributed by atoms with Crippen LogP contribution in [0.1, 0.15) is 65.5 Å². The number of sulfonamides is 1. The van der Waals surface area contributed by atoms with Gasteiger partial charge in [-0.3, -0.25) is 14.4 Å². The highest BCUT2D eigenvalue weighted by Crippen LogP contribution is 2.45. The number of likely N-dealkylation sites (tertiary alicyclic amines) is 1. The summed E-state index contributed by atoms with van der Waals surface area (Å²) in [5.74, 6) is -2.91. The fourth-order valence-corrected chi connectivity index (χ4v) is 8.53. The third-order valence-corrected chi connectivity index (χ3v) is 12.0. The van der Waals surface area contributed by atoms with Crippen molar-refractivity contribution in [1.82, 2.24) is 25.2 Å². The van der Waals surface area contributed by atoms with Crippen molar-refractivity contribution >= 4 is 51.3 Å². The van der Waals surface area contributed by atoms with Gasteiger partial charge in [-0.15, -0.1) is 17.9 Å². The van der Waals surface area contributed by atoms with Crippen LogP contribution >= 0.6 is 11.3 Å². The molecule has 14 nitrogen and oxygen atoms in total. The van der Waals surface area contributed by atoms with Crippen LogP contribution in [0.5, 0.6) is 0 Å². The largest absolute Gasteiger partial charge is 0.444 e. The van der Waals surface area contributed by atoms with Gasteiger partial charge in [0, 0.05) is 25.4 Å². The first-order valence-corrected chi connectivity index (χ1v) is 19.5. The zero-order valence-electron chi connectivity index (χ0n) is 30.3. The monoisotopic (exact) mass is 757 g/mol. The molecule has 5 unspecified atom stereocenters. The molecule has 0 bridgehead atoms. The second kappa shape index (κ2) is 14.5. The number of hydrogen-bond donors (Lipinski definition) is 3. The summed E-state index contributed by atoms with van der Waals surface area (Å²) in [6.45, 7) is 14.6. The molecule has 0 radical (unpaired) electrons. The Labute approximate surface area is 308 Å². The SMILES string of the molecule is C=CC1CC1(NC(=O)C1CC(OC(=O)N2CCc3ccccc3C2)CN1C(=O)C(NC(=O)OC(C)(C)C)C(C)(C)C)C(=O)NS(=O)(=O)c1cccs1. The van der Waals surface area contributed by atoms with Gasteiger partial charge in [0.25, 0.3) is 15.9 Å². The number of thiophene rings is 1. The summed E-state index contributed by atoms with van der Waals surface area (Å²) in [7, 11) is -4.22. The molecule has 0 spiro atoms. The van der Waals surface area contributed by atoms with E-state index in [4.69, 9.17) is 9.47 Å². The standard InChI is InChI=1S/C36H47N5O9S2/c1-8-24-19-36(24,31(44)39-52(47,48)27-14-11-17-51-27)38-29(42)26-18-25(49-33(46)40-16-15-22-12-9-10-13-23(22)20-40)21-41(26)30(43)28(34(2,3)4)37-32(45)50-35(5,6)7/h8-14,17,24-26,28H,1,15-16,18-21H2,2-7H3,(H,37,45)(H,38,42)(H,39,44). The van der Waals surface area contributed by atoms with Crippen molar-refractivity contribution in [2.75, 3.05) is 13.1 Å². The molecule has 1 saturated heterocycles. The van der Waals surface area contributed by atoms with Crippen LogP contribution in [0.3, 0.4) is 0 Å². The molecule has 1 saturated carbocycles. The Morgan fingerprint density at radius 1 is 1.04 bits per heavy atom. The Hall–Kier alpha value is -4.44. The van der Waals surface area contributed by atoms with Crippen molar-refractivity contribution < 1.29 is 41.9 Å². The minimum Gasteiger partial charge on any atom is -0.444 e. The van der Waals surface area contributed by atoms with Crippen molar-refractivity contribution in [2.24, 2.45) is 11.3 Å². The Bertz CT molecular complexity index is 1830. The first kappa shape index (κ1) is 38.8. The van der Waals surface area contributed by atoms with Crippen LogP contribution < -0.4 is 15.4 Å². The molecule has 5 rings (SSSR count). The first-order valence-electron chi connectivity index (χ1n) is 17.1. The van der Waals surface area contributed by atoms with E-state index in [0.29, 0.717) is 19.5 Å². The van der Waals surface area contributed by atoms with Crippen LogP contribution in [0.25, 0.3) is 0 Å². The van der Waals surface area contributed by atoms with Gasteiger partial charge in [0.15, 0.2) is 0 Å². The van der Waals surface area contributed by atoms with Crippen molar-refractivity contribution in [3.05, 3.63) is 65.6 Å². The molecule has 1 aliphatic carbocycles. The molecule has 5 atom stereocenters. The van der Waals surface area contributed by atoms with Crippen LogP contribution in [-0.4, -0.2) is 90.5 Å². The Balaban J connectivity index is 1.39. The summed E-state index contributed by atoms with van der Waals surface area (Å²) in [6.07, 6.45) is -0.275. The molecule has 2 aromatic rings. The van der Waals surface area contributed by atoms with Crippen LogP contribution in [0.4, 0.5) is 9.59 Å². The lowest BCUT2D eigenvalue weighted by atomic mass is 9.85. The normalized spacial score (nSPS) is 23.5. The average Bonchev–Trinajstić information content (AvgIpc) is 3.36. The number of nitrogens with zero attached hydrogens (tertiary/aromatic N) is 2. The Morgan fingerprint density at radius 2 is 1.73 bits per heavy atom. The zero-order valence-corrected chi connectivity index (χ0v) is 31.9. The van der Waals surface area contributed by atoms with Crippen molar-refractivity contribution in [3.8, 4) is 0 Å². The molecule has 1 aromatic heterocycles. The summed E-state index contributed by atoms with van der Waals surface area (Å²) < 4.78 is 39.2. The van der Waals surface area contributed by atoms with E-state index in [1.807, 2.05) is 24.3 Å². The lowest BCUT2D eigenvalue weighted by molar-refractivity contribution is -0.143. The summed E-state index contributed by atoms with van der Waals surface area (Å²) in [5.41, 5.74) is -1.21. The van der Waals surface area contributed by atoms with Gasteiger partial charge in [-0.1, -0.05) is 57.2 Å². The fourth-order valence-electron chi connectivity index (χ4n) is 6.50. The maximum Gasteiger partial charge on any atom is 0.410 e. The highest BCUT2D eigenvalue weighted by atomic mass is 32.2. The summed E-state index contributed by atoms with van der Waals surface area (Å²) in [5, 5.41) is 6.94. The molecule has 282 valence electrons. The number of hydrogen-bond acceptors (Lipinski definition) is 10. The maximum atomic E-state index is 14.4. The predicted octanol–water partition coefficient (Wildman–Crippen LogP) is 3.72. The fraction of sp³-hybridized carbons (Fsp3) is 0.528. The number of alkyl carbamates (subject to hydrolysis) is 1. The molecule has 2 aliphatic heterocycles. The number of carbonyl (C=O) groups excluding carboxylic acids is 5. The molecule has 52 heavy (non-hydrogen) atoms. The topological polar surface area (TPSA) is 181 Å². The molecule has 3 N–H and O–H groups in total. The number of ether oxygens (including phenoxy) is 2. The van der Waals surface area contributed by atoms with Gasteiger partial charge in [-0.25, -0.2) is 22.7 Å². The van der Waals surface area contributed by atoms with E-state index in [2.05, 4.69) is 21.9 Å². The van der Waals surface area contributed by atoms with Gasteiger partial charge >= 0.3 is 12.2 Å². The molecule has 1 aromatic carbocycles. The van der Waals surface area contributed by atoms with E-state index in [9.17, 15) is 32.4 Å². The third kappa shape index (κ3) is 8.60. The summed E-state index contributed by atoms with van der Waals surface area (Å²) >= 11 is 0.933. The number of carbonyl (C=O) groups is 5. The quantitative estimate of drug-likeness (QED) is 0.322. The zero-order chi connectivity index (χ0) is 38.2. The molecule has 3 aliphatic rings. The third-order valence-electron chi connectivity index (χ3n) is 9.32. The smallest absolute Gasteiger partial charge is 0.410 e. The Morgan fingerprint density at radius 3 is 2.33 bits per heavy atom. The predicted molar refractivity (Wildman–Crippen MR) is 192 cm³/mol. The van der Waals surface area contributed by atoms with E-state index >= 15 is 0 Å². The maximum absolute atomic E-state index is 14.4. The highest BCUT2D eigenvalue weighted by molar-refractivity contribution is 7.92. The average molecular weight is 758 g/mol. The summed E-state index contributed by atoms with van der Waals surface area (Å²) in [6, 6.07) is 8.28. The van der Waals surface area contributed by atoms with Crippen LogP contribution in [0.15, 0.2) is 58.6 Å². The molecule has 2 fully saturated rings. The van der Waals surface area contributed by atoms with Crippen molar-refractivity contribution in [2.45, 2.75) is 101 Å². The van der Waals surface area contributed by atoms with Crippen molar-refractivity contribution in [1.29, 1.82) is 0 Å². The Kier molecular flexibility index (Phi) is 10.8. The lowest BCUT2D eigenvalue weighted by Crippen LogP contribution is -2.60. The number of benzene rings is 1. The lowest BCUT2D eigenvalue weighted by Gasteiger charge is -2.36. The van der Waals surface area contributed by atoms with Crippen LogP contribution in [0, 0.1) is 11.3 Å². The highest BCUT2D eigenvalue weighted by Gasteiger charge is 2.61. The minimum absolute atomic E-state index is 0.0711. The molecular weight excluding hydrogens is 711 g/mol. The van der Waals surface area contributed by atoms with E-state index in [1.54, 1.807) is 51.8 Å². The van der Waals surface area contributed by atoms with Gasteiger partial charge in [-0.05, 0) is 61.6 Å². The number of fused-ring (bicyclic) bond motifs is 1. The van der Waals surface area contributed by atoms with E-state index in [1.165, 1.54) is 23.1 Å². The minimum atomic E-state index is -4.22. The van der Waals surface area contributed by atoms with Gasteiger partial charge in [0.05, 0.1) is 6.54 Å². The van der Waals surface area contributed by atoms with E-state index < -0.39 is 80.6 Å². The van der Waals surface area contributed by atoms with Gasteiger partial charge < -0.3 is 29.9 Å². The van der Waals surface area contributed by atoms with Crippen LogP contribution in [-0.2, 0) is 46.8 Å². The molecular formula is C36H47N5O9S2. The second-order valence-electron chi connectivity index (χ2n) is 15.5. The molecule has 3 heterocycles. The molecule has 16 heteroatoms. The van der Waals surface area contributed by atoms with Crippen molar-refractivity contribution in [3.63, 3.8) is 0 Å². The van der Waals surface area contributed by atoms with Gasteiger partial charge in [0.2, 0.25) is 11.8 Å². The van der Waals surface area contributed by atoms with E-state index in [-0.39, 0.29) is 23.6 Å². The first-order chi connectivity index (χ1) is 24.2. The number of nitrogens with one attached hydrogen (secondary N) is 3. The van der Waals surface area contributed by atoms with E-state index in [0.717, 1.165) is 22.5 Å². The van der Waals surface area contributed by atoms with Gasteiger partial charge in [-0.2, -0.15) is 0 Å².